The van der Waals surface area contributed by atoms with Crippen LogP contribution in [0.25, 0.3) is 0 Å². The number of alkyl halides is 3. The fraction of sp³-hybridized carbons (Fsp3) is 0.588. The van der Waals surface area contributed by atoms with Crippen LogP contribution in [-0.4, -0.2) is 66.3 Å². The molecule has 8 heteroatoms. The summed E-state index contributed by atoms with van der Waals surface area (Å²) in [5, 5.41) is 9.97. The maximum Gasteiger partial charge on any atom is 0.416 e. The quantitative estimate of drug-likeness (QED) is 0.893. The van der Waals surface area contributed by atoms with Gasteiger partial charge < -0.3 is 14.7 Å². The number of likely N-dealkylation sites (tertiary alicyclic amines) is 1. The van der Waals surface area contributed by atoms with E-state index in [1.807, 2.05) is 4.90 Å². The monoisotopic (exact) mass is 358 g/mol. The molecule has 1 N–H and O–H groups in total. The number of hydrogen-bond acceptors (Lipinski definition) is 4. The number of carbonyl (C=O) groups is 1. The molecule has 2 aliphatic heterocycles. The van der Waals surface area contributed by atoms with Crippen molar-refractivity contribution in [2.75, 3.05) is 39.4 Å². The number of halogens is 3. The molecule has 0 saturated carbocycles. The molecule has 0 spiro atoms. The van der Waals surface area contributed by atoms with Crippen LogP contribution in [0.5, 0.6) is 0 Å². The zero-order chi connectivity index (χ0) is 18.0. The summed E-state index contributed by atoms with van der Waals surface area (Å²) in [7, 11) is 0. The van der Waals surface area contributed by atoms with E-state index in [-0.39, 0.29) is 25.4 Å². The summed E-state index contributed by atoms with van der Waals surface area (Å²) >= 11 is 0. The molecule has 2 heterocycles. The summed E-state index contributed by atoms with van der Waals surface area (Å²) in [5.41, 5.74) is -0.339. The maximum atomic E-state index is 12.9. The van der Waals surface area contributed by atoms with E-state index in [4.69, 9.17) is 4.74 Å². The largest absolute Gasteiger partial charge is 0.416 e. The Kier molecular flexibility index (Phi) is 5.31. The van der Waals surface area contributed by atoms with Gasteiger partial charge in [-0.3, -0.25) is 9.69 Å². The van der Waals surface area contributed by atoms with E-state index in [1.54, 1.807) is 6.07 Å². The van der Waals surface area contributed by atoms with Crippen molar-refractivity contribution < 1.29 is 27.8 Å². The van der Waals surface area contributed by atoms with Gasteiger partial charge in [0.1, 0.15) is 0 Å². The summed E-state index contributed by atoms with van der Waals surface area (Å²) < 4.78 is 44.1. The lowest BCUT2D eigenvalue weighted by Gasteiger charge is -2.30. The van der Waals surface area contributed by atoms with Crippen LogP contribution in [0, 0.1) is 0 Å². The average Bonchev–Trinajstić information content (AvgIpc) is 2.97. The molecule has 0 radical (unpaired) electrons. The molecule has 0 aliphatic carbocycles. The van der Waals surface area contributed by atoms with Crippen molar-refractivity contribution in [3.8, 4) is 0 Å². The van der Waals surface area contributed by atoms with Crippen molar-refractivity contribution >= 4 is 5.91 Å². The van der Waals surface area contributed by atoms with E-state index < -0.39 is 23.9 Å². The molecule has 2 atom stereocenters. The van der Waals surface area contributed by atoms with Gasteiger partial charge >= 0.3 is 6.18 Å². The Labute approximate surface area is 144 Å². The standard InChI is InChI=1S/C17H21F3N2O3/c18-17(19,20)13-3-1-2-12(8-13)15-9-14(23)10-22(15)16(24)11-21-4-6-25-7-5-21/h1-3,8,14-15,23H,4-7,9-11H2/t14-,15+/m1/s1. The second-order valence-electron chi connectivity index (χ2n) is 6.46. The number of carbonyl (C=O) groups excluding carboxylic acids is 1. The third-order valence-electron chi connectivity index (χ3n) is 4.66. The van der Waals surface area contributed by atoms with Gasteiger partial charge in [-0.2, -0.15) is 13.2 Å². The van der Waals surface area contributed by atoms with Crippen molar-refractivity contribution in [1.82, 2.24) is 9.80 Å². The Bertz CT molecular complexity index is 617. The van der Waals surface area contributed by atoms with Gasteiger partial charge in [0.15, 0.2) is 0 Å². The SMILES string of the molecule is O=C(CN1CCOCC1)N1C[C@H](O)C[C@H]1c1cccc(C(F)(F)F)c1. The molecule has 0 bridgehead atoms. The smallest absolute Gasteiger partial charge is 0.391 e. The fourth-order valence-electron chi connectivity index (χ4n) is 3.37. The molecule has 25 heavy (non-hydrogen) atoms. The van der Waals surface area contributed by atoms with E-state index in [9.17, 15) is 23.1 Å². The van der Waals surface area contributed by atoms with Crippen molar-refractivity contribution in [2.24, 2.45) is 0 Å². The first-order valence-corrected chi connectivity index (χ1v) is 8.29. The molecule has 0 unspecified atom stereocenters. The van der Waals surface area contributed by atoms with Crippen LogP contribution in [-0.2, 0) is 15.7 Å². The average molecular weight is 358 g/mol. The van der Waals surface area contributed by atoms with E-state index in [0.717, 1.165) is 12.1 Å². The van der Waals surface area contributed by atoms with Crippen molar-refractivity contribution in [3.63, 3.8) is 0 Å². The molecule has 1 aromatic rings. The predicted octanol–water partition coefficient (Wildman–Crippen LogP) is 1.67. The first-order chi connectivity index (χ1) is 11.8. The highest BCUT2D eigenvalue weighted by atomic mass is 19.4. The summed E-state index contributed by atoms with van der Waals surface area (Å²) in [6.07, 6.45) is -4.92. The number of rotatable bonds is 3. The summed E-state index contributed by atoms with van der Waals surface area (Å²) in [5.74, 6) is -0.180. The lowest BCUT2D eigenvalue weighted by Crippen LogP contribution is -2.44. The fourth-order valence-corrected chi connectivity index (χ4v) is 3.37. The van der Waals surface area contributed by atoms with Crippen LogP contribution in [0.2, 0.25) is 0 Å². The Hall–Kier alpha value is -1.64. The summed E-state index contributed by atoms with van der Waals surface area (Å²) in [6.45, 7) is 2.75. The molecule has 1 aromatic carbocycles. The molecule has 2 aliphatic rings. The maximum absolute atomic E-state index is 12.9. The minimum absolute atomic E-state index is 0.143. The van der Waals surface area contributed by atoms with Gasteiger partial charge in [-0.1, -0.05) is 12.1 Å². The molecule has 138 valence electrons. The number of benzene rings is 1. The lowest BCUT2D eigenvalue weighted by molar-refractivity contribution is -0.137. The first-order valence-electron chi connectivity index (χ1n) is 8.29. The van der Waals surface area contributed by atoms with Crippen molar-refractivity contribution in [1.29, 1.82) is 0 Å². The highest BCUT2D eigenvalue weighted by molar-refractivity contribution is 5.79. The number of ether oxygens (including phenoxy) is 1. The van der Waals surface area contributed by atoms with Crippen LogP contribution in [0.3, 0.4) is 0 Å². The van der Waals surface area contributed by atoms with E-state index in [0.29, 0.717) is 31.9 Å². The molecule has 3 rings (SSSR count). The number of β-amino-alcohol motifs (C(OH)–C–C–N with tert-alkyl or cyclic N) is 1. The molecular weight excluding hydrogens is 337 g/mol. The van der Waals surface area contributed by atoms with Crippen LogP contribution < -0.4 is 0 Å². The second-order valence-corrected chi connectivity index (χ2v) is 6.46. The van der Waals surface area contributed by atoms with Crippen molar-refractivity contribution in [2.45, 2.75) is 24.7 Å². The third-order valence-corrected chi connectivity index (χ3v) is 4.66. The molecule has 1 amide bonds. The Morgan fingerprint density at radius 1 is 1.28 bits per heavy atom. The van der Waals surface area contributed by atoms with Gasteiger partial charge in [-0.25, -0.2) is 0 Å². The molecule has 2 saturated heterocycles. The number of aliphatic hydroxyl groups excluding tert-OH is 1. The molecule has 0 aromatic heterocycles. The molecule has 2 fully saturated rings. The van der Waals surface area contributed by atoms with Crippen LogP contribution in [0.1, 0.15) is 23.6 Å². The van der Waals surface area contributed by atoms with E-state index in [2.05, 4.69) is 0 Å². The van der Waals surface area contributed by atoms with Gasteiger partial charge in [0.2, 0.25) is 5.91 Å². The summed E-state index contributed by atoms with van der Waals surface area (Å²) in [4.78, 5) is 16.1. The third kappa shape index (κ3) is 4.31. The summed E-state index contributed by atoms with van der Waals surface area (Å²) in [6, 6.07) is 4.46. The zero-order valence-electron chi connectivity index (χ0n) is 13.7. The highest BCUT2D eigenvalue weighted by Gasteiger charge is 2.37. The molecular formula is C17H21F3N2O3. The normalized spacial score (nSPS) is 25.4. The Balaban J connectivity index is 1.76. The van der Waals surface area contributed by atoms with Gasteiger partial charge in [-0.15, -0.1) is 0 Å². The molecule has 5 nitrogen and oxygen atoms in total. The topological polar surface area (TPSA) is 53.0 Å². The van der Waals surface area contributed by atoms with Crippen LogP contribution in [0.15, 0.2) is 24.3 Å². The zero-order valence-corrected chi connectivity index (χ0v) is 13.7. The Morgan fingerprint density at radius 3 is 2.68 bits per heavy atom. The van der Waals surface area contributed by atoms with E-state index >= 15 is 0 Å². The minimum Gasteiger partial charge on any atom is -0.391 e. The number of morpholine rings is 1. The van der Waals surface area contributed by atoms with Crippen LogP contribution in [0.4, 0.5) is 13.2 Å². The minimum atomic E-state index is -4.43. The van der Waals surface area contributed by atoms with Gasteiger partial charge in [0, 0.05) is 19.6 Å². The van der Waals surface area contributed by atoms with Crippen LogP contribution >= 0.6 is 0 Å². The highest BCUT2D eigenvalue weighted by Crippen LogP contribution is 2.36. The number of aliphatic hydroxyl groups is 1. The van der Waals surface area contributed by atoms with Gasteiger partial charge in [0.25, 0.3) is 0 Å². The lowest BCUT2D eigenvalue weighted by atomic mass is 10.0. The predicted molar refractivity (Wildman–Crippen MR) is 83.8 cm³/mol. The second kappa shape index (κ2) is 7.31. The van der Waals surface area contributed by atoms with Gasteiger partial charge in [-0.05, 0) is 24.1 Å². The van der Waals surface area contributed by atoms with Gasteiger partial charge in [0.05, 0.1) is 37.5 Å². The number of hydrogen-bond donors (Lipinski definition) is 1. The number of nitrogens with zero attached hydrogens (tertiary/aromatic N) is 2. The van der Waals surface area contributed by atoms with E-state index in [1.165, 1.54) is 11.0 Å². The number of amides is 1. The van der Waals surface area contributed by atoms with Crippen molar-refractivity contribution in [3.05, 3.63) is 35.4 Å². The first kappa shape index (κ1) is 18.2. The Morgan fingerprint density at radius 2 is 2.00 bits per heavy atom.